The Morgan fingerprint density at radius 3 is 2.41 bits per heavy atom. The number of aliphatic hydroxyl groups excluding tert-OH is 1. The SMILES string of the molecule is O=[N+]([O-])c1ccc(-c2noc(C(O)O)n2)cc1. The molecule has 8 heteroatoms. The molecule has 2 aromatic rings. The molecule has 1 aromatic heterocycles. The molecule has 2 rings (SSSR count). The lowest BCUT2D eigenvalue weighted by atomic mass is 10.2. The molecular formula is C9H7N3O5. The van der Waals surface area contributed by atoms with Crippen LogP contribution in [-0.2, 0) is 0 Å². The zero-order chi connectivity index (χ0) is 12.4. The van der Waals surface area contributed by atoms with E-state index in [1.807, 2.05) is 0 Å². The number of nitro groups is 1. The van der Waals surface area contributed by atoms with Crippen LogP contribution < -0.4 is 0 Å². The molecule has 0 spiro atoms. The van der Waals surface area contributed by atoms with Crippen LogP contribution in [0, 0.1) is 10.1 Å². The fourth-order valence-electron chi connectivity index (χ4n) is 1.19. The highest BCUT2D eigenvalue weighted by atomic mass is 16.6. The quantitative estimate of drug-likeness (QED) is 0.455. The van der Waals surface area contributed by atoms with Gasteiger partial charge in [-0.05, 0) is 12.1 Å². The van der Waals surface area contributed by atoms with E-state index in [2.05, 4.69) is 14.7 Å². The maximum atomic E-state index is 10.4. The van der Waals surface area contributed by atoms with Gasteiger partial charge in [-0.1, -0.05) is 5.16 Å². The van der Waals surface area contributed by atoms with E-state index < -0.39 is 11.2 Å². The number of non-ortho nitro benzene ring substituents is 1. The van der Waals surface area contributed by atoms with Gasteiger partial charge in [0.25, 0.3) is 11.6 Å². The van der Waals surface area contributed by atoms with E-state index in [1.54, 1.807) is 0 Å². The first-order chi connectivity index (χ1) is 8.08. The second-order valence-electron chi connectivity index (χ2n) is 3.13. The summed E-state index contributed by atoms with van der Waals surface area (Å²) in [5.74, 6) is -0.207. The Hall–Kier alpha value is -2.32. The van der Waals surface area contributed by atoms with Crippen molar-refractivity contribution in [2.45, 2.75) is 6.29 Å². The van der Waals surface area contributed by atoms with Crippen LogP contribution in [0.4, 0.5) is 5.69 Å². The van der Waals surface area contributed by atoms with Crippen molar-refractivity contribution in [3.8, 4) is 11.4 Å². The lowest BCUT2D eigenvalue weighted by Crippen LogP contribution is -1.94. The Kier molecular flexibility index (Phi) is 2.81. The van der Waals surface area contributed by atoms with Crippen molar-refractivity contribution < 1.29 is 19.7 Å². The summed E-state index contributed by atoms with van der Waals surface area (Å²) in [6.07, 6.45) is -1.84. The predicted molar refractivity (Wildman–Crippen MR) is 53.6 cm³/mol. The van der Waals surface area contributed by atoms with Gasteiger partial charge in [-0.15, -0.1) is 0 Å². The second kappa shape index (κ2) is 4.28. The zero-order valence-electron chi connectivity index (χ0n) is 8.35. The molecule has 0 atom stereocenters. The summed E-state index contributed by atoms with van der Waals surface area (Å²) >= 11 is 0. The van der Waals surface area contributed by atoms with Crippen molar-refractivity contribution in [2.24, 2.45) is 0 Å². The molecule has 0 aliphatic carbocycles. The molecule has 17 heavy (non-hydrogen) atoms. The first kappa shape index (κ1) is 11.2. The average molecular weight is 237 g/mol. The smallest absolute Gasteiger partial charge is 0.283 e. The molecule has 0 saturated carbocycles. The van der Waals surface area contributed by atoms with Crippen LogP contribution in [0.25, 0.3) is 11.4 Å². The van der Waals surface area contributed by atoms with Gasteiger partial charge in [0.1, 0.15) is 0 Å². The summed E-state index contributed by atoms with van der Waals surface area (Å²) in [6.45, 7) is 0. The minimum atomic E-state index is -1.84. The minimum Gasteiger partial charge on any atom is -0.361 e. The van der Waals surface area contributed by atoms with E-state index in [0.29, 0.717) is 5.56 Å². The van der Waals surface area contributed by atoms with Crippen LogP contribution in [0.5, 0.6) is 0 Å². The molecule has 0 aliphatic heterocycles. The standard InChI is InChI=1S/C9H7N3O5/c13-9(14)8-10-7(11-17-8)5-1-3-6(4-2-5)12(15)16/h1-4,9,13-14H. The van der Waals surface area contributed by atoms with E-state index in [4.69, 9.17) is 10.2 Å². The number of hydrogen-bond donors (Lipinski definition) is 2. The van der Waals surface area contributed by atoms with Crippen molar-refractivity contribution in [3.05, 3.63) is 40.3 Å². The first-order valence-electron chi connectivity index (χ1n) is 4.52. The van der Waals surface area contributed by atoms with Crippen LogP contribution in [0.15, 0.2) is 28.8 Å². The number of aromatic nitrogens is 2. The molecular weight excluding hydrogens is 230 g/mol. The molecule has 2 N–H and O–H groups in total. The molecule has 8 nitrogen and oxygen atoms in total. The highest BCUT2D eigenvalue weighted by Crippen LogP contribution is 2.20. The second-order valence-corrected chi connectivity index (χ2v) is 3.13. The summed E-state index contributed by atoms with van der Waals surface area (Å²) in [7, 11) is 0. The maximum Gasteiger partial charge on any atom is 0.283 e. The summed E-state index contributed by atoms with van der Waals surface area (Å²) in [4.78, 5) is 13.6. The number of aliphatic hydroxyl groups is 2. The van der Waals surface area contributed by atoms with Crippen molar-refractivity contribution in [3.63, 3.8) is 0 Å². The lowest BCUT2D eigenvalue weighted by molar-refractivity contribution is -0.384. The molecule has 0 aliphatic rings. The molecule has 0 bridgehead atoms. The maximum absolute atomic E-state index is 10.4. The molecule has 0 amide bonds. The third-order valence-corrected chi connectivity index (χ3v) is 2.00. The van der Waals surface area contributed by atoms with E-state index in [0.717, 1.165) is 0 Å². The molecule has 0 fully saturated rings. The van der Waals surface area contributed by atoms with Gasteiger partial charge in [-0.25, -0.2) is 0 Å². The number of hydrogen-bond acceptors (Lipinski definition) is 7. The number of rotatable bonds is 3. The average Bonchev–Trinajstić information content (AvgIpc) is 2.78. The molecule has 88 valence electrons. The monoisotopic (exact) mass is 237 g/mol. The summed E-state index contributed by atoms with van der Waals surface area (Å²) in [6, 6.07) is 5.47. The van der Waals surface area contributed by atoms with Crippen LogP contribution in [-0.4, -0.2) is 25.3 Å². The van der Waals surface area contributed by atoms with Gasteiger partial charge in [0, 0.05) is 17.7 Å². The molecule has 1 aromatic carbocycles. The fraction of sp³-hybridized carbons (Fsp3) is 0.111. The Balaban J connectivity index is 2.30. The summed E-state index contributed by atoms with van der Waals surface area (Å²) in [5, 5.41) is 31.5. The lowest BCUT2D eigenvalue weighted by Gasteiger charge is -1.94. The third-order valence-electron chi connectivity index (χ3n) is 2.00. The summed E-state index contributed by atoms with van der Waals surface area (Å²) < 4.78 is 4.56. The van der Waals surface area contributed by atoms with Crippen LogP contribution in [0.3, 0.4) is 0 Å². The highest BCUT2D eigenvalue weighted by Gasteiger charge is 2.14. The van der Waals surface area contributed by atoms with Gasteiger partial charge in [-0.2, -0.15) is 4.98 Å². The molecule has 1 heterocycles. The van der Waals surface area contributed by atoms with Crippen LogP contribution in [0.2, 0.25) is 0 Å². The van der Waals surface area contributed by atoms with Gasteiger partial charge in [0.05, 0.1) is 4.92 Å². The topological polar surface area (TPSA) is 123 Å². The largest absolute Gasteiger partial charge is 0.361 e. The van der Waals surface area contributed by atoms with Crippen molar-refractivity contribution in [1.29, 1.82) is 0 Å². The zero-order valence-corrected chi connectivity index (χ0v) is 8.35. The van der Waals surface area contributed by atoms with Gasteiger partial charge in [0.15, 0.2) is 0 Å². The normalized spacial score (nSPS) is 10.8. The Labute approximate surface area is 94.3 Å². The van der Waals surface area contributed by atoms with E-state index >= 15 is 0 Å². The molecule has 0 unspecified atom stereocenters. The Morgan fingerprint density at radius 1 is 1.29 bits per heavy atom. The number of benzene rings is 1. The molecule has 0 radical (unpaired) electrons. The van der Waals surface area contributed by atoms with Gasteiger partial charge < -0.3 is 14.7 Å². The van der Waals surface area contributed by atoms with Gasteiger partial charge in [0.2, 0.25) is 12.1 Å². The van der Waals surface area contributed by atoms with E-state index in [1.165, 1.54) is 24.3 Å². The summed E-state index contributed by atoms with van der Waals surface area (Å²) in [5.41, 5.74) is 0.422. The van der Waals surface area contributed by atoms with E-state index in [-0.39, 0.29) is 17.4 Å². The van der Waals surface area contributed by atoms with Crippen LogP contribution in [0.1, 0.15) is 12.2 Å². The first-order valence-corrected chi connectivity index (χ1v) is 4.52. The number of nitrogens with zero attached hydrogens (tertiary/aromatic N) is 3. The van der Waals surface area contributed by atoms with Crippen molar-refractivity contribution in [2.75, 3.05) is 0 Å². The van der Waals surface area contributed by atoms with E-state index in [9.17, 15) is 10.1 Å². The Morgan fingerprint density at radius 2 is 1.94 bits per heavy atom. The minimum absolute atomic E-state index is 0.0559. The van der Waals surface area contributed by atoms with Crippen molar-refractivity contribution in [1.82, 2.24) is 10.1 Å². The van der Waals surface area contributed by atoms with Crippen LogP contribution >= 0.6 is 0 Å². The van der Waals surface area contributed by atoms with Gasteiger partial charge >= 0.3 is 0 Å². The third kappa shape index (κ3) is 2.27. The van der Waals surface area contributed by atoms with Crippen molar-refractivity contribution >= 4 is 5.69 Å². The predicted octanol–water partition coefficient (Wildman–Crippen LogP) is 0.628. The number of nitro benzene ring substituents is 1. The fourth-order valence-corrected chi connectivity index (χ4v) is 1.19. The molecule has 0 saturated heterocycles. The Bertz CT molecular complexity index is 534. The highest BCUT2D eigenvalue weighted by molar-refractivity contribution is 5.56. The van der Waals surface area contributed by atoms with Gasteiger partial charge in [-0.3, -0.25) is 10.1 Å².